The number of hydrogen-bond donors (Lipinski definition) is 0. The highest BCUT2D eigenvalue weighted by atomic mass is 79.9. The SMILES string of the molecule is CC1(C)COCCN1S(=O)(=O)c1sccc1Br. The zero-order valence-electron chi connectivity index (χ0n) is 9.64. The average molecular weight is 340 g/mol. The summed E-state index contributed by atoms with van der Waals surface area (Å²) < 4.78 is 32.9. The van der Waals surface area contributed by atoms with Crippen molar-refractivity contribution in [1.82, 2.24) is 4.31 Å². The van der Waals surface area contributed by atoms with Gasteiger partial charge in [0.25, 0.3) is 10.0 Å². The van der Waals surface area contributed by atoms with Crippen LogP contribution in [0, 0.1) is 0 Å². The number of thiophene rings is 1. The lowest BCUT2D eigenvalue weighted by atomic mass is 10.1. The molecule has 1 aliphatic rings. The lowest BCUT2D eigenvalue weighted by molar-refractivity contribution is -0.00763. The maximum atomic E-state index is 12.5. The molecule has 96 valence electrons. The van der Waals surface area contributed by atoms with E-state index in [1.165, 1.54) is 15.6 Å². The fourth-order valence-corrected chi connectivity index (χ4v) is 6.02. The lowest BCUT2D eigenvalue weighted by Gasteiger charge is -2.40. The molecule has 1 aromatic heterocycles. The van der Waals surface area contributed by atoms with Crippen molar-refractivity contribution < 1.29 is 13.2 Å². The Morgan fingerprint density at radius 2 is 2.24 bits per heavy atom. The molecule has 7 heteroatoms. The highest BCUT2D eigenvalue weighted by Crippen LogP contribution is 2.34. The molecular weight excluding hydrogens is 326 g/mol. The summed E-state index contributed by atoms with van der Waals surface area (Å²) in [7, 11) is -3.43. The van der Waals surface area contributed by atoms with Crippen LogP contribution in [0.15, 0.2) is 20.1 Å². The molecule has 0 aromatic carbocycles. The van der Waals surface area contributed by atoms with E-state index in [0.29, 0.717) is 28.4 Å². The minimum Gasteiger partial charge on any atom is -0.378 e. The fraction of sp³-hybridized carbons (Fsp3) is 0.600. The summed E-state index contributed by atoms with van der Waals surface area (Å²) in [4.78, 5) is 0. The molecule has 1 aromatic rings. The van der Waals surface area contributed by atoms with E-state index in [9.17, 15) is 8.42 Å². The van der Waals surface area contributed by atoms with Crippen molar-refractivity contribution in [1.29, 1.82) is 0 Å². The monoisotopic (exact) mass is 339 g/mol. The summed E-state index contributed by atoms with van der Waals surface area (Å²) in [5.41, 5.74) is -0.499. The molecule has 0 N–H and O–H groups in total. The molecule has 17 heavy (non-hydrogen) atoms. The van der Waals surface area contributed by atoms with E-state index < -0.39 is 15.6 Å². The van der Waals surface area contributed by atoms with Crippen molar-refractivity contribution in [2.75, 3.05) is 19.8 Å². The Balaban J connectivity index is 2.42. The Labute approximate surface area is 114 Å². The number of ether oxygens (including phenoxy) is 1. The van der Waals surface area contributed by atoms with Gasteiger partial charge in [-0.3, -0.25) is 0 Å². The van der Waals surface area contributed by atoms with Gasteiger partial charge in [-0.15, -0.1) is 11.3 Å². The van der Waals surface area contributed by atoms with E-state index in [2.05, 4.69) is 15.9 Å². The van der Waals surface area contributed by atoms with Crippen LogP contribution in [0.25, 0.3) is 0 Å². The second kappa shape index (κ2) is 4.62. The maximum Gasteiger partial charge on any atom is 0.254 e. The van der Waals surface area contributed by atoms with Gasteiger partial charge < -0.3 is 4.74 Å². The summed E-state index contributed by atoms with van der Waals surface area (Å²) in [6.07, 6.45) is 0. The van der Waals surface area contributed by atoms with Gasteiger partial charge in [0.05, 0.1) is 18.8 Å². The number of morpholine rings is 1. The predicted octanol–water partition coefficient (Wildman–Crippen LogP) is 2.31. The molecule has 0 radical (unpaired) electrons. The molecule has 0 saturated carbocycles. The Bertz CT molecular complexity index is 509. The zero-order valence-corrected chi connectivity index (χ0v) is 12.9. The number of nitrogens with zero attached hydrogens (tertiary/aromatic N) is 1. The summed E-state index contributed by atoms with van der Waals surface area (Å²) in [5, 5.41) is 1.77. The van der Waals surface area contributed by atoms with Crippen LogP contribution in [0.4, 0.5) is 0 Å². The molecule has 1 fully saturated rings. The maximum absolute atomic E-state index is 12.5. The van der Waals surface area contributed by atoms with Crippen LogP contribution in [0.3, 0.4) is 0 Å². The molecule has 0 amide bonds. The van der Waals surface area contributed by atoms with E-state index in [0.717, 1.165) is 0 Å². The Morgan fingerprint density at radius 1 is 1.53 bits per heavy atom. The van der Waals surface area contributed by atoms with Crippen LogP contribution in [0.1, 0.15) is 13.8 Å². The van der Waals surface area contributed by atoms with E-state index >= 15 is 0 Å². The molecule has 1 saturated heterocycles. The van der Waals surface area contributed by atoms with E-state index in [1.807, 2.05) is 13.8 Å². The molecule has 2 heterocycles. The molecule has 1 aliphatic heterocycles. The molecule has 0 aliphatic carbocycles. The molecule has 0 unspecified atom stereocenters. The minimum absolute atomic E-state index is 0.368. The first-order valence-electron chi connectivity index (χ1n) is 5.19. The molecule has 0 atom stereocenters. The summed E-state index contributed by atoms with van der Waals surface area (Å²) >= 11 is 4.51. The normalized spacial score (nSPS) is 21.6. The second-order valence-corrected chi connectivity index (χ2v) is 8.33. The van der Waals surface area contributed by atoms with Crippen LogP contribution in [-0.2, 0) is 14.8 Å². The van der Waals surface area contributed by atoms with Gasteiger partial charge in [-0.05, 0) is 41.2 Å². The van der Waals surface area contributed by atoms with Gasteiger partial charge in [0, 0.05) is 11.0 Å². The van der Waals surface area contributed by atoms with Gasteiger partial charge in [0.1, 0.15) is 4.21 Å². The predicted molar refractivity (Wildman–Crippen MR) is 70.8 cm³/mol. The fourth-order valence-electron chi connectivity index (χ4n) is 1.85. The highest BCUT2D eigenvalue weighted by Gasteiger charge is 2.40. The van der Waals surface area contributed by atoms with Gasteiger partial charge in [0.2, 0.25) is 0 Å². The van der Waals surface area contributed by atoms with Gasteiger partial charge in [-0.1, -0.05) is 0 Å². The first kappa shape index (κ1) is 13.5. The van der Waals surface area contributed by atoms with Gasteiger partial charge in [-0.2, -0.15) is 4.31 Å². The van der Waals surface area contributed by atoms with Gasteiger partial charge >= 0.3 is 0 Å². The van der Waals surface area contributed by atoms with Crippen molar-refractivity contribution in [2.45, 2.75) is 23.6 Å². The number of hydrogen-bond acceptors (Lipinski definition) is 4. The van der Waals surface area contributed by atoms with E-state index in [1.54, 1.807) is 11.4 Å². The number of sulfonamides is 1. The van der Waals surface area contributed by atoms with Crippen molar-refractivity contribution >= 4 is 37.3 Å². The van der Waals surface area contributed by atoms with Crippen LogP contribution in [0.5, 0.6) is 0 Å². The molecule has 0 spiro atoms. The van der Waals surface area contributed by atoms with Crippen LogP contribution >= 0.6 is 27.3 Å². The number of rotatable bonds is 2. The molecule has 2 rings (SSSR count). The van der Waals surface area contributed by atoms with Crippen molar-refractivity contribution in [3.05, 3.63) is 15.9 Å². The molecule has 0 bridgehead atoms. The summed E-state index contributed by atoms with van der Waals surface area (Å²) in [6, 6.07) is 1.75. The third-order valence-electron chi connectivity index (χ3n) is 2.68. The van der Waals surface area contributed by atoms with E-state index in [-0.39, 0.29) is 0 Å². The van der Waals surface area contributed by atoms with Gasteiger partial charge in [0.15, 0.2) is 0 Å². The second-order valence-electron chi connectivity index (χ2n) is 4.50. The Morgan fingerprint density at radius 3 is 2.76 bits per heavy atom. The quantitative estimate of drug-likeness (QED) is 0.830. The first-order valence-corrected chi connectivity index (χ1v) is 8.30. The highest BCUT2D eigenvalue weighted by molar-refractivity contribution is 9.10. The van der Waals surface area contributed by atoms with Crippen LogP contribution < -0.4 is 0 Å². The first-order chi connectivity index (χ1) is 7.86. The standard InChI is InChI=1S/C10H14BrNO3S2/c1-10(2)7-15-5-4-12(10)17(13,14)9-8(11)3-6-16-9/h3,6H,4-5,7H2,1-2H3. The average Bonchev–Trinajstić information content (AvgIpc) is 2.64. The Kier molecular flexibility index (Phi) is 3.66. The van der Waals surface area contributed by atoms with Crippen molar-refractivity contribution in [3.8, 4) is 0 Å². The summed E-state index contributed by atoms with van der Waals surface area (Å²) in [5.74, 6) is 0. The van der Waals surface area contributed by atoms with Crippen molar-refractivity contribution in [2.24, 2.45) is 0 Å². The van der Waals surface area contributed by atoms with E-state index in [4.69, 9.17) is 4.74 Å². The molecule has 4 nitrogen and oxygen atoms in total. The van der Waals surface area contributed by atoms with Crippen LogP contribution in [0.2, 0.25) is 0 Å². The van der Waals surface area contributed by atoms with Crippen molar-refractivity contribution in [3.63, 3.8) is 0 Å². The Hall–Kier alpha value is 0.0500. The zero-order chi connectivity index (χ0) is 12.7. The third-order valence-corrected chi connectivity index (χ3v) is 7.44. The number of halogens is 1. The molecular formula is C10H14BrNO3S2. The van der Waals surface area contributed by atoms with Gasteiger partial charge in [-0.25, -0.2) is 8.42 Å². The topological polar surface area (TPSA) is 46.6 Å². The van der Waals surface area contributed by atoms with Crippen LogP contribution in [-0.4, -0.2) is 38.0 Å². The third kappa shape index (κ3) is 2.44. The lowest BCUT2D eigenvalue weighted by Crippen LogP contribution is -2.55. The minimum atomic E-state index is -3.43. The smallest absolute Gasteiger partial charge is 0.254 e. The summed E-state index contributed by atoms with van der Waals surface area (Å²) in [6.45, 7) is 5.04. The largest absolute Gasteiger partial charge is 0.378 e.